The van der Waals surface area contributed by atoms with Crippen LogP contribution in [0.25, 0.3) is 244 Å². The average Bonchev–Trinajstić information content (AvgIpc) is 1.52. The van der Waals surface area contributed by atoms with Crippen LogP contribution in [-0.2, 0) is 5.41 Å². The lowest BCUT2D eigenvalue weighted by Crippen LogP contribution is -2.36. The molecule has 2 aliphatic rings. The molecule has 0 bridgehead atoms. The van der Waals surface area contributed by atoms with E-state index in [4.69, 9.17) is 28.8 Å². The molecule has 9 heterocycles. The van der Waals surface area contributed by atoms with Gasteiger partial charge in [-0.1, -0.05) is 346 Å². The SMILES string of the molecule is c1ccc(-c2cc(-c3ccc4c(c3)oc3ccccc34)nc3c2ccc2sc4ccc5ccccc5c4c23)cc1.c1ccc(-c2cc(-c3ccc4c5ccccc5n(-c5ccccc5)c4c3)nc3c2ccc2oc4ccc5ccccc5c4c23)cc1.c1ccc(-c2nc(N3c4ccccc4C4(c5ccccc5-c5ccccc54)c4ccccc43)nc3c2ccc2sc4ccc5ccccc5c4c23)cc1. The van der Waals surface area contributed by atoms with Crippen molar-refractivity contribution in [1.29, 1.82) is 0 Å². The van der Waals surface area contributed by atoms with Crippen molar-refractivity contribution in [3.8, 4) is 72.8 Å². The van der Waals surface area contributed by atoms with Gasteiger partial charge in [-0.3, -0.25) is 4.90 Å². The Morgan fingerprint density at radius 2 is 0.626 bits per heavy atom. The van der Waals surface area contributed by atoms with Crippen molar-refractivity contribution in [1.82, 2.24) is 24.5 Å². The summed E-state index contributed by atoms with van der Waals surface area (Å²) in [5, 5.41) is 22.6. The lowest BCUT2D eigenvalue weighted by atomic mass is 9.65. The summed E-state index contributed by atoms with van der Waals surface area (Å²) in [5.41, 5.74) is 30.0. The average molecular weight is 1810 g/mol. The van der Waals surface area contributed by atoms with Crippen LogP contribution < -0.4 is 4.90 Å². The molecule has 1 spiro atoms. The number of furan rings is 2. The van der Waals surface area contributed by atoms with Crippen LogP contribution >= 0.6 is 22.7 Å². The molecular formula is C129H76N6O2S2. The van der Waals surface area contributed by atoms with E-state index in [-0.39, 0.29) is 0 Å². The molecule has 0 N–H and O–H groups in total. The molecule has 21 aromatic carbocycles. The number of aromatic nitrogens is 5. The summed E-state index contributed by atoms with van der Waals surface area (Å²) < 4.78 is 20.1. The third kappa shape index (κ3) is 12.1. The number of hydrogen-bond donors (Lipinski definition) is 0. The topological polar surface area (TPSA) is 86.0 Å². The van der Waals surface area contributed by atoms with Gasteiger partial charge in [0.15, 0.2) is 0 Å². The minimum atomic E-state index is -0.494. The maximum absolute atomic E-state index is 6.47. The van der Waals surface area contributed by atoms with Gasteiger partial charge < -0.3 is 13.4 Å². The Balaban J connectivity index is 0.000000101. The van der Waals surface area contributed by atoms with Crippen LogP contribution in [-0.4, -0.2) is 24.5 Å². The van der Waals surface area contributed by atoms with Gasteiger partial charge in [0, 0.05) is 106 Å². The fourth-order valence-corrected chi connectivity index (χ4v) is 25.2. The largest absolute Gasteiger partial charge is 0.456 e. The minimum Gasteiger partial charge on any atom is -0.456 e. The highest BCUT2D eigenvalue weighted by atomic mass is 32.1. The van der Waals surface area contributed by atoms with E-state index in [9.17, 15) is 0 Å². The van der Waals surface area contributed by atoms with Crippen LogP contribution in [0.3, 0.4) is 0 Å². The molecule has 29 aromatic rings. The molecule has 0 amide bonds. The number of fused-ring (bicyclic) bond motifs is 36. The highest BCUT2D eigenvalue weighted by Gasteiger charge is 2.52. The van der Waals surface area contributed by atoms with Gasteiger partial charge in [0.25, 0.3) is 0 Å². The van der Waals surface area contributed by atoms with E-state index in [1.165, 1.54) is 139 Å². The predicted molar refractivity (Wildman–Crippen MR) is 583 cm³/mol. The van der Waals surface area contributed by atoms with Crippen molar-refractivity contribution in [3.63, 3.8) is 0 Å². The Morgan fingerprint density at radius 3 is 1.23 bits per heavy atom. The Labute approximate surface area is 804 Å². The summed E-state index contributed by atoms with van der Waals surface area (Å²) in [6.07, 6.45) is 0. The maximum Gasteiger partial charge on any atom is 0.235 e. The Kier molecular flexibility index (Phi) is 17.6. The summed E-state index contributed by atoms with van der Waals surface area (Å²) in [6.45, 7) is 0. The number of benzene rings is 21. The number of para-hydroxylation sites is 5. The number of thiophene rings is 2. The molecule has 0 atom stereocenters. The summed E-state index contributed by atoms with van der Waals surface area (Å²) in [5.74, 6) is 0.665. The van der Waals surface area contributed by atoms with Gasteiger partial charge in [-0.05, 0) is 203 Å². The van der Waals surface area contributed by atoms with E-state index in [0.717, 1.165) is 139 Å². The smallest absolute Gasteiger partial charge is 0.235 e. The molecule has 0 saturated carbocycles. The molecule has 0 unspecified atom stereocenters. The normalized spacial score (nSPS) is 12.6. The highest BCUT2D eigenvalue weighted by molar-refractivity contribution is 7.26. The molecule has 8 aromatic heterocycles. The van der Waals surface area contributed by atoms with E-state index in [1.807, 2.05) is 34.8 Å². The highest BCUT2D eigenvalue weighted by Crippen LogP contribution is 2.64. The van der Waals surface area contributed by atoms with Gasteiger partial charge in [0.1, 0.15) is 22.3 Å². The van der Waals surface area contributed by atoms with Crippen molar-refractivity contribution in [2.45, 2.75) is 5.41 Å². The zero-order valence-electron chi connectivity index (χ0n) is 74.7. The third-order valence-electron chi connectivity index (χ3n) is 28.9. The first-order valence-corrected chi connectivity index (χ1v) is 48.8. The number of pyridine rings is 2. The van der Waals surface area contributed by atoms with Crippen molar-refractivity contribution >= 4 is 211 Å². The van der Waals surface area contributed by atoms with Crippen LogP contribution in [0.4, 0.5) is 17.3 Å². The molecule has 1 aliphatic heterocycles. The second kappa shape index (κ2) is 31.1. The molecule has 0 fully saturated rings. The van der Waals surface area contributed by atoms with Crippen molar-refractivity contribution in [2.75, 3.05) is 4.90 Å². The molecule has 0 radical (unpaired) electrons. The van der Waals surface area contributed by atoms with Crippen molar-refractivity contribution < 1.29 is 8.83 Å². The maximum atomic E-state index is 6.47. The first-order valence-electron chi connectivity index (χ1n) is 47.2. The molecule has 31 rings (SSSR count). The minimum absolute atomic E-state index is 0.494. The van der Waals surface area contributed by atoms with Crippen molar-refractivity contribution in [3.05, 3.63) is 483 Å². The van der Waals surface area contributed by atoms with E-state index < -0.39 is 5.41 Å². The Morgan fingerprint density at radius 1 is 0.223 bits per heavy atom. The van der Waals surface area contributed by atoms with Gasteiger partial charge in [0.2, 0.25) is 5.95 Å². The standard InChI is InChI=1S/C49H29N3S.C43H26N2O.C37H21NOS/c1-2-15-31(16-3-1)46-35-27-29-43-45(44-32-17-5-4-14-30(32)26-28-42(44)53-43)47(35)51-48(50-46)52-40-24-12-10-22-38(40)49(39-23-11-13-25-41(39)52)36-20-8-6-18-33(36)34-19-7-9-21-37(34)49;1-3-11-27(12-4-1)35-26-36(29-19-21-33-32-17-9-10-18-37(32)45(38(33)25-29)30-14-5-2-6-15-30)44-43-34(35)22-24-40-42(43)41-31-16-8-7-13-28(31)20-23-39(41)46-40;1-2-8-22(9-3-1)29-21-30(24-14-16-27-26-12-6-7-13-31(26)39-32(27)20-24)38-37-28(29)17-19-34-36(37)35-25-11-5-4-10-23(25)15-18-33(35)40-34/h1-29H;1-26H;1-21H. The number of anilines is 3. The monoisotopic (exact) mass is 1800 g/mol. The van der Waals surface area contributed by atoms with Crippen LogP contribution in [0, 0.1) is 0 Å². The molecule has 10 heteroatoms. The van der Waals surface area contributed by atoms with E-state index in [1.54, 1.807) is 0 Å². The molecule has 646 valence electrons. The number of nitrogens with zero attached hydrogens (tertiary/aromatic N) is 6. The van der Waals surface area contributed by atoms with Crippen LogP contribution in [0.15, 0.2) is 470 Å². The first kappa shape index (κ1) is 78.7. The molecule has 8 nitrogen and oxygen atoms in total. The lowest BCUT2D eigenvalue weighted by Gasteiger charge is -2.44. The Bertz CT molecular complexity index is 10100. The van der Waals surface area contributed by atoms with E-state index >= 15 is 0 Å². The molecule has 1 aliphatic carbocycles. The van der Waals surface area contributed by atoms with Gasteiger partial charge in [0.05, 0.1) is 66.8 Å². The van der Waals surface area contributed by atoms with Crippen LogP contribution in [0.2, 0.25) is 0 Å². The first-order chi connectivity index (χ1) is 68.9. The van der Waals surface area contributed by atoms with Crippen LogP contribution in [0.5, 0.6) is 0 Å². The van der Waals surface area contributed by atoms with Gasteiger partial charge in [-0.25, -0.2) is 19.9 Å². The quantitative estimate of drug-likeness (QED) is 0.157. The fourth-order valence-electron chi connectivity index (χ4n) is 22.9. The summed E-state index contributed by atoms with van der Waals surface area (Å²) in [7, 11) is 0. The zero-order chi connectivity index (χ0) is 91.1. The summed E-state index contributed by atoms with van der Waals surface area (Å²) >= 11 is 3.68. The second-order valence-corrected chi connectivity index (χ2v) is 38.5. The van der Waals surface area contributed by atoms with Crippen molar-refractivity contribution in [2.24, 2.45) is 0 Å². The molecule has 139 heavy (non-hydrogen) atoms. The summed E-state index contributed by atoms with van der Waals surface area (Å²) in [4.78, 5) is 24.4. The van der Waals surface area contributed by atoms with Gasteiger partial charge in [-0.15, -0.1) is 22.7 Å². The number of rotatable bonds is 7. The molecule has 0 saturated heterocycles. The van der Waals surface area contributed by atoms with E-state index in [2.05, 4.69) is 458 Å². The summed E-state index contributed by atoms with van der Waals surface area (Å²) in [6, 6.07) is 165. The Hall–Kier alpha value is -17.8. The predicted octanol–water partition coefficient (Wildman–Crippen LogP) is 35.7. The van der Waals surface area contributed by atoms with E-state index in [0.29, 0.717) is 5.95 Å². The fraction of sp³-hybridized carbons (Fsp3) is 0.00775. The van der Waals surface area contributed by atoms with Crippen LogP contribution in [0.1, 0.15) is 22.3 Å². The lowest BCUT2D eigenvalue weighted by molar-refractivity contribution is 0.669. The van der Waals surface area contributed by atoms with Gasteiger partial charge in [-0.2, -0.15) is 0 Å². The second-order valence-electron chi connectivity index (χ2n) is 36.3. The number of hydrogen-bond acceptors (Lipinski definition) is 9. The van der Waals surface area contributed by atoms with Gasteiger partial charge >= 0.3 is 0 Å². The molecular weight excluding hydrogens is 1730 g/mol. The third-order valence-corrected chi connectivity index (χ3v) is 31.2. The zero-order valence-corrected chi connectivity index (χ0v) is 76.3.